The normalized spacial score (nSPS) is 25.3. The third-order valence-electron chi connectivity index (χ3n) is 5.45. The summed E-state index contributed by atoms with van der Waals surface area (Å²) in [4.78, 5) is 9.58. The van der Waals surface area contributed by atoms with Gasteiger partial charge in [0, 0.05) is 58.4 Å². The number of guanidine groups is 1. The number of likely N-dealkylation sites (tertiary alicyclic amines) is 1. The van der Waals surface area contributed by atoms with Crippen LogP contribution in [0.25, 0.3) is 0 Å². The first-order valence-electron chi connectivity index (χ1n) is 9.76. The van der Waals surface area contributed by atoms with Gasteiger partial charge < -0.3 is 20.3 Å². The molecule has 3 fully saturated rings. The standard InChI is InChI=1S/C18H35N5O.HI/c1-15(14-22-9-11-24-12-10-22)13-20-18(19-2)21-16-5-7-23(8-6-16)17-3-4-17;/h15-17H,3-14H2,1-2H3,(H2,19,20,21);1H. The van der Waals surface area contributed by atoms with Crippen LogP contribution in [0.3, 0.4) is 0 Å². The molecule has 1 saturated carbocycles. The van der Waals surface area contributed by atoms with Crippen molar-refractivity contribution in [1.82, 2.24) is 20.4 Å². The van der Waals surface area contributed by atoms with Crippen LogP contribution in [-0.2, 0) is 4.74 Å². The Labute approximate surface area is 170 Å². The molecule has 2 heterocycles. The van der Waals surface area contributed by atoms with Crippen molar-refractivity contribution in [2.75, 3.05) is 59.5 Å². The number of hydrogen-bond acceptors (Lipinski definition) is 4. The fourth-order valence-electron chi connectivity index (χ4n) is 3.80. The lowest BCUT2D eigenvalue weighted by molar-refractivity contribution is 0.0320. The lowest BCUT2D eigenvalue weighted by Gasteiger charge is -2.33. The molecule has 0 aromatic rings. The van der Waals surface area contributed by atoms with Crippen LogP contribution in [0.4, 0.5) is 0 Å². The van der Waals surface area contributed by atoms with Gasteiger partial charge in [0.15, 0.2) is 5.96 Å². The molecule has 1 unspecified atom stereocenters. The SMILES string of the molecule is CN=C(NCC(C)CN1CCOCC1)NC1CCN(C2CC2)CC1.I. The van der Waals surface area contributed by atoms with E-state index in [9.17, 15) is 0 Å². The van der Waals surface area contributed by atoms with Crippen LogP contribution >= 0.6 is 24.0 Å². The van der Waals surface area contributed by atoms with E-state index in [1.54, 1.807) is 0 Å². The first-order chi connectivity index (χ1) is 11.7. The minimum Gasteiger partial charge on any atom is -0.379 e. The highest BCUT2D eigenvalue weighted by molar-refractivity contribution is 14.0. The molecule has 3 rings (SSSR count). The molecule has 0 aromatic carbocycles. The van der Waals surface area contributed by atoms with Crippen LogP contribution in [0.5, 0.6) is 0 Å². The first-order valence-corrected chi connectivity index (χ1v) is 9.76. The predicted octanol–water partition coefficient (Wildman–Crippen LogP) is 1.36. The van der Waals surface area contributed by atoms with E-state index in [-0.39, 0.29) is 24.0 Å². The maximum Gasteiger partial charge on any atom is 0.191 e. The van der Waals surface area contributed by atoms with E-state index < -0.39 is 0 Å². The third-order valence-corrected chi connectivity index (χ3v) is 5.45. The van der Waals surface area contributed by atoms with Crippen molar-refractivity contribution in [2.24, 2.45) is 10.9 Å². The molecule has 7 heteroatoms. The lowest BCUT2D eigenvalue weighted by atomic mass is 10.1. The minimum absolute atomic E-state index is 0. The van der Waals surface area contributed by atoms with E-state index >= 15 is 0 Å². The van der Waals surface area contributed by atoms with Gasteiger partial charge in [0.1, 0.15) is 0 Å². The number of nitrogens with zero attached hydrogens (tertiary/aromatic N) is 3. The molecule has 6 nitrogen and oxygen atoms in total. The van der Waals surface area contributed by atoms with Crippen molar-refractivity contribution in [1.29, 1.82) is 0 Å². The second-order valence-electron chi connectivity index (χ2n) is 7.66. The molecule has 1 atom stereocenters. The van der Waals surface area contributed by atoms with Crippen molar-refractivity contribution >= 4 is 29.9 Å². The average Bonchev–Trinajstić information content (AvgIpc) is 3.45. The molecule has 2 saturated heterocycles. The Morgan fingerprint density at radius 3 is 2.40 bits per heavy atom. The van der Waals surface area contributed by atoms with Gasteiger partial charge in [0.25, 0.3) is 0 Å². The highest BCUT2D eigenvalue weighted by atomic mass is 127. The largest absolute Gasteiger partial charge is 0.379 e. The van der Waals surface area contributed by atoms with Gasteiger partial charge in [-0.2, -0.15) is 0 Å². The molecule has 0 amide bonds. The molecule has 146 valence electrons. The van der Waals surface area contributed by atoms with E-state index in [2.05, 4.69) is 32.3 Å². The Morgan fingerprint density at radius 2 is 1.80 bits per heavy atom. The zero-order valence-electron chi connectivity index (χ0n) is 15.9. The second-order valence-corrected chi connectivity index (χ2v) is 7.66. The van der Waals surface area contributed by atoms with Crippen molar-refractivity contribution in [3.63, 3.8) is 0 Å². The minimum atomic E-state index is 0. The summed E-state index contributed by atoms with van der Waals surface area (Å²) in [5, 5.41) is 7.14. The fraction of sp³-hybridized carbons (Fsp3) is 0.944. The van der Waals surface area contributed by atoms with Gasteiger partial charge in [-0.1, -0.05) is 6.92 Å². The average molecular weight is 465 g/mol. The first kappa shape index (κ1) is 21.2. The molecular weight excluding hydrogens is 429 g/mol. The quantitative estimate of drug-likeness (QED) is 0.353. The Balaban J connectivity index is 0.00000225. The Morgan fingerprint density at radius 1 is 1.12 bits per heavy atom. The summed E-state index contributed by atoms with van der Waals surface area (Å²) in [5.41, 5.74) is 0. The number of hydrogen-bond donors (Lipinski definition) is 2. The maximum absolute atomic E-state index is 5.42. The smallest absolute Gasteiger partial charge is 0.191 e. The second kappa shape index (κ2) is 10.9. The van der Waals surface area contributed by atoms with Gasteiger partial charge in [0.2, 0.25) is 0 Å². The number of ether oxygens (including phenoxy) is 1. The van der Waals surface area contributed by atoms with Crippen LogP contribution in [-0.4, -0.2) is 87.4 Å². The van der Waals surface area contributed by atoms with E-state index in [4.69, 9.17) is 4.74 Å². The van der Waals surface area contributed by atoms with Crippen molar-refractivity contribution < 1.29 is 4.74 Å². The predicted molar refractivity (Wildman–Crippen MR) is 114 cm³/mol. The summed E-state index contributed by atoms with van der Waals surface area (Å²) >= 11 is 0. The fourth-order valence-corrected chi connectivity index (χ4v) is 3.80. The number of piperidine rings is 1. The number of nitrogens with one attached hydrogen (secondary N) is 2. The number of morpholine rings is 1. The Kier molecular flexibility index (Phi) is 9.23. The number of halogens is 1. The van der Waals surface area contributed by atoms with Crippen molar-refractivity contribution in [2.45, 2.75) is 44.7 Å². The summed E-state index contributed by atoms with van der Waals surface area (Å²) in [6.45, 7) is 10.8. The molecule has 2 aliphatic heterocycles. The van der Waals surface area contributed by atoms with Crippen LogP contribution in [0, 0.1) is 5.92 Å². The molecule has 0 spiro atoms. The Hall–Kier alpha value is -0.120. The van der Waals surface area contributed by atoms with Crippen molar-refractivity contribution in [3.05, 3.63) is 0 Å². The van der Waals surface area contributed by atoms with Gasteiger partial charge in [0.05, 0.1) is 13.2 Å². The number of rotatable bonds is 6. The molecule has 3 aliphatic rings. The van der Waals surface area contributed by atoms with Gasteiger partial charge in [-0.05, 0) is 31.6 Å². The molecule has 0 aromatic heterocycles. The highest BCUT2D eigenvalue weighted by Crippen LogP contribution is 2.29. The topological polar surface area (TPSA) is 52.1 Å². The molecule has 25 heavy (non-hydrogen) atoms. The molecule has 0 radical (unpaired) electrons. The van der Waals surface area contributed by atoms with Crippen LogP contribution in [0.15, 0.2) is 4.99 Å². The van der Waals surface area contributed by atoms with E-state index in [0.29, 0.717) is 12.0 Å². The van der Waals surface area contributed by atoms with Crippen molar-refractivity contribution in [3.8, 4) is 0 Å². The van der Waals surface area contributed by atoms with E-state index in [1.807, 2.05) is 7.05 Å². The van der Waals surface area contributed by atoms with Crippen LogP contribution in [0.1, 0.15) is 32.6 Å². The highest BCUT2D eigenvalue weighted by Gasteiger charge is 2.31. The summed E-state index contributed by atoms with van der Waals surface area (Å²) < 4.78 is 5.42. The molecule has 1 aliphatic carbocycles. The third kappa shape index (κ3) is 7.19. The van der Waals surface area contributed by atoms with Gasteiger partial charge in [-0.15, -0.1) is 24.0 Å². The van der Waals surface area contributed by atoms with E-state index in [1.165, 1.54) is 38.8 Å². The zero-order chi connectivity index (χ0) is 16.8. The molecule has 0 bridgehead atoms. The van der Waals surface area contributed by atoms with Crippen LogP contribution in [0.2, 0.25) is 0 Å². The summed E-state index contributed by atoms with van der Waals surface area (Å²) in [7, 11) is 1.88. The number of aliphatic imine (C=N–C) groups is 1. The molecular formula is C18H36IN5O. The summed E-state index contributed by atoms with van der Waals surface area (Å²) in [6, 6.07) is 1.48. The van der Waals surface area contributed by atoms with Crippen LogP contribution < -0.4 is 10.6 Å². The Bertz CT molecular complexity index is 404. The monoisotopic (exact) mass is 465 g/mol. The summed E-state index contributed by atoms with van der Waals surface area (Å²) in [6.07, 6.45) is 5.31. The lowest BCUT2D eigenvalue weighted by Crippen LogP contribution is -2.50. The van der Waals surface area contributed by atoms with Gasteiger partial charge >= 0.3 is 0 Å². The maximum atomic E-state index is 5.42. The summed E-state index contributed by atoms with van der Waals surface area (Å²) in [5.74, 6) is 1.58. The van der Waals surface area contributed by atoms with Gasteiger partial charge in [-0.25, -0.2) is 0 Å². The molecule has 2 N–H and O–H groups in total. The zero-order valence-corrected chi connectivity index (χ0v) is 18.2. The van der Waals surface area contributed by atoms with Gasteiger partial charge in [-0.3, -0.25) is 9.89 Å². The van der Waals surface area contributed by atoms with E-state index in [0.717, 1.165) is 51.4 Å².